The molecule has 27 heavy (non-hydrogen) atoms. The Morgan fingerprint density at radius 2 is 1.59 bits per heavy atom. The molecule has 0 saturated heterocycles. The molecular formula is C17H20F4O6. The van der Waals surface area contributed by atoms with Gasteiger partial charge in [-0.1, -0.05) is 0 Å². The van der Waals surface area contributed by atoms with Gasteiger partial charge >= 0.3 is 29.8 Å². The van der Waals surface area contributed by atoms with Crippen molar-refractivity contribution in [2.75, 3.05) is 6.61 Å². The number of carboxylic acid groups (broad SMARTS) is 1. The number of carbonyl (C=O) groups excluding carboxylic acids is 2. The molecule has 2 atom stereocenters. The summed E-state index contributed by atoms with van der Waals surface area (Å²) < 4.78 is 64.2. The highest BCUT2D eigenvalue weighted by Crippen LogP contribution is 2.63. The molecule has 6 nitrogen and oxygen atoms in total. The molecule has 2 unspecified atom stereocenters. The minimum absolute atomic E-state index is 0.0722. The van der Waals surface area contributed by atoms with E-state index in [2.05, 4.69) is 0 Å². The highest BCUT2D eigenvalue weighted by Gasteiger charge is 2.71. The molecule has 152 valence electrons. The summed E-state index contributed by atoms with van der Waals surface area (Å²) in [5.74, 6) is -17.4. The Bertz CT molecular complexity index is 662. The van der Waals surface area contributed by atoms with E-state index in [9.17, 15) is 31.9 Å². The van der Waals surface area contributed by atoms with E-state index in [1.807, 2.05) is 0 Å². The number of hydrogen-bond acceptors (Lipinski definition) is 5. The molecule has 0 aromatic rings. The molecule has 4 fully saturated rings. The fourth-order valence-corrected chi connectivity index (χ4v) is 5.34. The van der Waals surface area contributed by atoms with Crippen LogP contribution in [0.2, 0.25) is 0 Å². The first-order valence-corrected chi connectivity index (χ1v) is 8.77. The second-order valence-corrected chi connectivity index (χ2v) is 7.99. The van der Waals surface area contributed by atoms with Gasteiger partial charge in [-0.05, 0) is 50.9 Å². The lowest BCUT2D eigenvalue weighted by Crippen LogP contribution is -2.62. The van der Waals surface area contributed by atoms with Crippen molar-refractivity contribution < 1.29 is 46.5 Å². The average molecular weight is 396 g/mol. The van der Waals surface area contributed by atoms with Crippen LogP contribution in [0.25, 0.3) is 0 Å². The average Bonchev–Trinajstić information content (AvgIpc) is 2.52. The number of carbonyl (C=O) groups is 3. The van der Waals surface area contributed by atoms with Gasteiger partial charge in [-0.2, -0.15) is 17.6 Å². The number of rotatable bonds is 6. The van der Waals surface area contributed by atoms with E-state index >= 15 is 0 Å². The Labute approximate surface area is 152 Å². The molecule has 10 heteroatoms. The second kappa shape index (κ2) is 6.07. The highest BCUT2D eigenvalue weighted by molar-refractivity contribution is 5.89. The number of hydrogen-bond donors (Lipinski definition) is 1. The molecule has 4 aliphatic rings. The smallest absolute Gasteiger partial charge is 0.415 e. The number of esters is 2. The van der Waals surface area contributed by atoms with Crippen LogP contribution in [-0.2, 0) is 23.9 Å². The molecule has 4 bridgehead atoms. The van der Waals surface area contributed by atoms with Crippen LogP contribution in [0.15, 0.2) is 0 Å². The van der Waals surface area contributed by atoms with Gasteiger partial charge in [-0.25, -0.2) is 9.59 Å². The molecule has 0 spiro atoms. The third-order valence-electron chi connectivity index (χ3n) is 5.94. The standard InChI is InChI=1S/C17H20F4O6/c1-2-26-12(24)14-4-9-3-10(5-14)7-15(6-9,8-14)27-13(25)17(20,21)16(18,19)11(22)23/h9-10H,2-8H2,1H3,(H,22,23). The lowest BCUT2D eigenvalue weighted by Gasteiger charge is -2.59. The molecule has 0 aliphatic heterocycles. The summed E-state index contributed by atoms with van der Waals surface area (Å²) in [7, 11) is 0. The molecular weight excluding hydrogens is 376 g/mol. The monoisotopic (exact) mass is 396 g/mol. The van der Waals surface area contributed by atoms with Crippen LogP contribution < -0.4 is 0 Å². The van der Waals surface area contributed by atoms with E-state index < -0.39 is 40.8 Å². The van der Waals surface area contributed by atoms with Crippen LogP contribution >= 0.6 is 0 Å². The van der Waals surface area contributed by atoms with Gasteiger partial charge in [0.2, 0.25) is 0 Å². The van der Waals surface area contributed by atoms with Gasteiger partial charge in [0, 0.05) is 6.42 Å². The molecule has 0 amide bonds. The van der Waals surface area contributed by atoms with Crippen molar-refractivity contribution in [1.82, 2.24) is 0 Å². The Hall–Kier alpha value is -1.87. The summed E-state index contributed by atoms with van der Waals surface area (Å²) in [5.41, 5.74) is -2.46. The number of carboxylic acids is 1. The van der Waals surface area contributed by atoms with Crippen molar-refractivity contribution in [3.8, 4) is 0 Å². The van der Waals surface area contributed by atoms with Crippen molar-refractivity contribution in [2.45, 2.75) is 62.9 Å². The van der Waals surface area contributed by atoms with Crippen molar-refractivity contribution in [3.63, 3.8) is 0 Å². The van der Waals surface area contributed by atoms with Gasteiger partial charge in [0.05, 0.1) is 12.0 Å². The van der Waals surface area contributed by atoms with Crippen LogP contribution in [0.3, 0.4) is 0 Å². The van der Waals surface area contributed by atoms with Gasteiger partial charge in [0.1, 0.15) is 5.60 Å². The third-order valence-corrected chi connectivity index (χ3v) is 5.94. The Balaban J connectivity index is 1.86. The second-order valence-electron chi connectivity index (χ2n) is 7.99. The quantitative estimate of drug-likeness (QED) is 0.549. The molecule has 4 aliphatic carbocycles. The van der Waals surface area contributed by atoms with Gasteiger partial charge in [0.15, 0.2) is 0 Å². The summed E-state index contributed by atoms with van der Waals surface area (Å²) in [6.07, 6.45) is 1.98. The van der Waals surface area contributed by atoms with E-state index in [4.69, 9.17) is 14.6 Å². The molecule has 4 saturated carbocycles. The summed E-state index contributed by atoms with van der Waals surface area (Å²) >= 11 is 0. The van der Waals surface area contributed by atoms with Gasteiger partial charge in [-0.3, -0.25) is 4.79 Å². The fourth-order valence-electron chi connectivity index (χ4n) is 5.34. The maximum atomic E-state index is 13.8. The zero-order valence-electron chi connectivity index (χ0n) is 14.6. The zero-order valence-corrected chi connectivity index (χ0v) is 14.6. The minimum Gasteiger partial charge on any atom is -0.477 e. The molecule has 0 aromatic heterocycles. The normalized spacial score (nSPS) is 35.0. The number of halogens is 4. The van der Waals surface area contributed by atoms with Crippen LogP contribution in [-0.4, -0.2) is 47.1 Å². The van der Waals surface area contributed by atoms with E-state index in [-0.39, 0.29) is 37.7 Å². The molecule has 0 radical (unpaired) electrons. The summed E-state index contributed by atoms with van der Waals surface area (Å²) in [6.45, 7) is 1.76. The van der Waals surface area contributed by atoms with Crippen LogP contribution in [0, 0.1) is 17.3 Å². The van der Waals surface area contributed by atoms with E-state index in [0.717, 1.165) is 6.42 Å². The van der Waals surface area contributed by atoms with E-state index in [1.54, 1.807) is 6.92 Å². The molecule has 1 N–H and O–H groups in total. The first kappa shape index (κ1) is 19.9. The SMILES string of the molecule is CCOC(=O)C12CC3CC(CC(OC(=O)C(F)(F)C(F)(F)C(=O)O)(C3)C1)C2. The van der Waals surface area contributed by atoms with Crippen molar-refractivity contribution >= 4 is 17.9 Å². The lowest BCUT2D eigenvalue weighted by molar-refractivity contribution is -0.255. The van der Waals surface area contributed by atoms with E-state index in [1.165, 1.54) is 0 Å². The molecule has 4 rings (SSSR count). The first-order valence-electron chi connectivity index (χ1n) is 8.77. The Morgan fingerprint density at radius 1 is 1.04 bits per heavy atom. The number of aliphatic carboxylic acids is 1. The number of ether oxygens (including phenoxy) is 2. The van der Waals surface area contributed by atoms with Crippen molar-refractivity contribution in [3.05, 3.63) is 0 Å². The van der Waals surface area contributed by atoms with Crippen LogP contribution in [0.1, 0.15) is 45.4 Å². The maximum absolute atomic E-state index is 13.8. The number of alkyl halides is 4. The summed E-state index contributed by atoms with van der Waals surface area (Å²) in [4.78, 5) is 34.8. The predicted octanol–water partition coefficient (Wildman–Crippen LogP) is 2.79. The molecule has 0 aromatic carbocycles. The minimum atomic E-state index is -5.59. The van der Waals surface area contributed by atoms with Gasteiger partial charge < -0.3 is 14.6 Å². The summed E-state index contributed by atoms with van der Waals surface area (Å²) in [6, 6.07) is 0. The molecule has 0 heterocycles. The topological polar surface area (TPSA) is 89.9 Å². The largest absolute Gasteiger partial charge is 0.477 e. The lowest BCUT2D eigenvalue weighted by atomic mass is 9.48. The van der Waals surface area contributed by atoms with Gasteiger partial charge in [0.25, 0.3) is 0 Å². The summed E-state index contributed by atoms with van der Waals surface area (Å²) in [5, 5.41) is 8.33. The van der Waals surface area contributed by atoms with E-state index in [0.29, 0.717) is 12.8 Å². The predicted molar refractivity (Wildman–Crippen MR) is 80.1 cm³/mol. The van der Waals surface area contributed by atoms with Crippen molar-refractivity contribution in [1.29, 1.82) is 0 Å². The first-order chi connectivity index (χ1) is 12.4. The zero-order chi connectivity index (χ0) is 20.3. The third kappa shape index (κ3) is 2.97. The van der Waals surface area contributed by atoms with Crippen LogP contribution in [0.5, 0.6) is 0 Å². The van der Waals surface area contributed by atoms with Crippen molar-refractivity contribution in [2.24, 2.45) is 17.3 Å². The fraction of sp³-hybridized carbons (Fsp3) is 0.824. The Morgan fingerprint density at radius 3 is 2.07 bits per heavy atom. The Kier molecular flexibility index (Phi) is 4.47. The highest BCUT2D eigenvalue weighted by atomic mass is 19.3. The van der Waals surface area contributed by atoms with Crippen LogP contribution in [0.4, 0.5) is 17.6 Å². The van der Waals surface area contributed by atoms with Gasteiger partial charge in [-0.15, -0.1) is 0 Å². The maximum Gasteiger partial charge on any atom is 0.415 e.